The zero-order valence-electron chi connectivity index (χ0n) is 10.6. The topological polar surface area (TPSA) is 46.5 Å². The van der Waals surface area contributed by atoms with Crippen molar-refractivity contribution >= 4 is 5.97 Å². The molecule has 18 heavy (non-hydrogen) atoms. The Kier molecular flexibility index (Phi) is 3.39. The summed E-state index contributed by atoms with van der Waals surface area (Å²) >= 11 is 0. The number of aliphatic hydroxyl groups is 1. The smallest absolute Gasteiger partial charge is 0.338 e. The summed E-state index contributed by atoms with van der Waals surface area (Å²) in [7, 11) is 0. The maximum absolute atomic E-state index is 13.6. The maximum Gasteiger partial charge on any atom is 0.338 e. The third-order valence-corrected chi connectivity index (χ3v) is 3.58. The third-order valence-electron chi connectivity index (χ3n) is 3.58. The molecule has 0 saturated heterocycles. The van der Waals surface area contributed by atoms with Gasteiger partial charge in [0.15, 0.2) is 5.60 Å². The maximum atomic E-state index is 13.6. The summed E-state index contributed by atoms with van der Waals surface area (Å²) in [6.45, 7) is 3.35. The molecule has 0 heterocycles. The molecule has 0 saturated carbocycles. The quantitative estimate of drug-likeness (QED) is 0.839. The molecule has 0 bridgehead atoms. The second-order valence-corrected chi connectivity index (χ2v) is 4.77. The molecular formula is C14H17FO3. The van der Waals surface area contributed by atoms with E-state index in [2.05, 4.69) is 0 Å². The molecule has 1 aromatic carbocycles. The summed E-state index contributed by atoms with van der Waals surface area (Å²) in [6, 6.07) is 4.78. The van der Waals surface area contributed by atoms with E-state index in [-0.39, 0.29) is 12.4 Å². The fraction of sp³-hybridized carbons (Fsp3) is 0.500. The highest BCUT2D eigenvalue weighted by molar-refractivity contribution is 5.80. The van der Waals surface area contributed by atoms with Gasteiger partial charge in [0.25, 0.3) is 0 Å². The van der Waals surface area contributed by atoms with Crippen molar-refractivity contribution < 1.29 is 19.0 Å². The Morgan fingerprint density at radius 2 is 2.33 bits per heavy atom. The highest BCUT2D eigenvalue weighted by Crippen LogP contribution is 2.41. The van der Waals surface area contributed by atoms with Gasteiger partial charge in [0.1, 0.15) is 5.82 Å². The van der Waals surface area contributed by atoms with Crippen molar-refractivity contribution in [1.29, 1.82) is 0 Å². The zero-order chi connectivity index (χ0) is 13.3. The molecule has 2 rings (SSSR count). The lowest BCUT2D eigenvalue weighted by Crippen LogP contribution is -2.42. The number of ether oxygens (including phenoxy) is 1. The molecule has 0 aliphatic heterocycles. The van der Waals surface area contributed by atoms with Gasteiger partial charge in [-0.25, -0.2) is 9.18 Å². The highest BCUT2D eigenvalue weighted by Gasteiger charge is 2.44. The Labute approximate surface area is 106 Å². The normalized spacial score (nSPS) is 21.2. The van der Waals surface area contributed by atoms with E-state index in [1.807, 2.05) is 0 Å². The summed E-state index contributed by atoms with van der Waals surface area (Å²) in [6.07, 6.45) is 1.10. The van der Waals surface area contributed by atoms with Crippen LogP contribution in [-0.4, -0.2) is 23.3 Å². The first kappa shape index (κ1) is 13.0. The minimum atomic E-state index is -1.60. The lowest BCUT2D eigenvalue weighted by atomic mass is 9.84. The van der Waals surface area contributed by atoms with E-state index >= 15 is 0 Å². The molecule has 0 aromatic heterocycles. The van der Waals surface area contributed by atoms with Crippen LogP contribution in [0.3, 0.4) is 0 Å². The van der Waals surface area contributed by atoms with Crippen molar-refractivity contribution in [2.24, 2.45) is 0 Å². The van der Waals surface area contributed by atoms with Gasteiger partial charge in [-0.05, 0) is 43.9 Å². The number of hydrogen-bond acceptors (Lipinski definition) is 3. The molecule has 0 spiro atoms. The molecule has 0 radical (unpaired) electrons. The average Bonchev–Trinajstić information content (AvgIpc) is 2.75. The van der Waals surface area contributed by atoms with Crippen molar-refractivity contribution in [1.82, 2.24) is 0 Å². The predicted molar refractivity (Wildman–Crippen MR) is 64.7 cm³/mol. The van der Waals surface area contributed by atoms with Crippen LogP contribution in [0.4, 0.5) is 4.39 Å². The minimum absolute atomic E-state index is 0.220. The number of fused-ring (bicyclic) bond motifs is 1. The van der Waals surface area contributed by atoms with Crippen molar-refractivity contribution in [2.75, 3.05) is 6.61 Å². The Balaban J connectivity index is 2.33. The van der Waals surface area contributed by atoms with Crippen LogP contribution in [0.2, 0.25) is 0 Å². The average molecular weight is 252 g/mol. The molecule has 1 aromatic rings. The van der Waals surface area contributed by atoms with Gasteiger partial charge in [-0.1, -0.05) is 12.1 Å². The van der Waals surface area contributed by atoms with Crippen LogP contribution in [0.25, 0.3) is 0 Å². The number of benzene rings is 1. The van der Waals surface area contributed by atoms with Gasteiger partial charge in [-0.2, -0.15) is 0 Å². The fourth-order valence-electron chi connectivity index (χ4n) is 2.61. The van der Waals surface area contributed by atoms with Gasteiger partial charge in [-0.3, -0.25) is 0 Å². The van der Waals surface area contributed by atoms with E-state index in [4.69, 9.17) is 4.74 Å². The fourth-order valence-corrected chi connectivity index (χ4v) is 2.61. The van der Waals surface area contributed by atoms with Crippen LogP contribution in [0.5, 0.6) is 0 Å². The largest absolute Gasteiger partial charge is 0.464 e. The molecule has 4 heteroatoms. The van der Waals surface area contributed by atoms with Gasteiger partial charge in [0.05, 0.1) is 6.61 Å². The Bertz CT molecular complexity index is 468. The van der Waals surface area contributed by atoms with Gasteiger partial charge in [-0.15, -0.1) is 0 Å². The van der Waals surface area contributed by atoms with Gasteiger partial charge < -0.3 is 9.84 Å². The molecule has 2 atom stereocenters. The molecule has 0 fully saturated rings. The SMILES string of the molecule is CCOC(=O)C(C)(O)C1CCc2c(F)cccc21. The van der Waals surface area contributed by atoms with Gasteiger partial charge in [0.2, 0.25) is 0 Å². The first-order chi connectivity index (χ1) is 8.48. The summed E-state index contributed by atoms with van der Waals surface area (Å²) in [5.41, 5.74) is -0.283. The van der Waals surface area contributed by atoms with Crippen molar-refractivity contribution in [3.63, 3.8) is 0 Å². The summed E-state index contributed by atoms with van der Waals surface area (Å²) in [5, 5.41) is 10.4. The number of carbonyl (C=O) groups excluding carboxylic acids is 1. The molecule has 98 valence electrons. The van der Waals surface area contributed by atoms with E-state index < -0.39 is 17.5 Å². The summed E-state index contributed by atoms with van der Waals surface area (Å²) < 4.78 is 18.5. The lowest BCUT2D eigenvalue weighted by Gasteiger charge is -2.28. The Morgan fingerprint density at radius 1 is 1.61 bits per heavy atom. The Hall–Kier alpha value is -1.42. The van der Waals surface area contributed by atoms with Crippen LogP contribution in [0, 0.1) is 5.82 Å². The first-order valence-corrected chi connectivity index (χ1v) is 6.15. The van der Waals surface area contributed by atoms with E-state index in [0.29, 0.717) is 24.0 Å². The molecule has 1 N–H and O–H groups in total. The van der Waals surface area contributed by atoms with Gasteiger partial charge in [0, 0.05) is 5.92 Å². The second-order valence-electron chi connectivity index (χ2n) is 4.77. The molecular weight excluding hydrogens is 235 g/mol. The molecule has 3 nitrogen and oxygen atoms in total. The monoisotopic (exact) mass is 252 g/mol. The van der Waals surface area contributed by atoms with E-state index in [9.17, 15) is 14.3 Å². The number of halogens is 1. The first-order valence-electron chi connectivity index (χ1n) is 6.15. The number of rotatable bonds is 3. The highest BCUT2D eigenvalue weighted by atomic mass is 19.1. The molecule has 0 amide bonds. The third kappa shape index (κ3) is 2.01. The van der Waals surface area contributed by atoms with Crippen LogP contribution in [0.15, 0.2) is 18.2 Å². The second kappa shape index (κ2) is 4.69. The predicted octanol–water partition coefficient (Wildman–Crippen LogP) is 2.17. The van der Waals surface area contributed by atoms with Crippen LogP contribution in [0.1, 0.15) is 37.3 Å². The van der Waals surface area contributed by atoms with E-state index in [1.165, 1.54) is 13.0 Å². The van der Waals surface area contributed by atoms with Crippen molar-refractivity contribution in [2.45, 2.75) is 38.2 Å². The lowest BCUT2D eigenvalue weighted by molar-refractivity contribution is -0.165. The number of hydrogen-bond donors (Lipinski definition) is 1. The van der Waals surface area contributed by atoms with Gasteiger partial charge >= 0.3 is 5.97 Å². The minimum Gasteiger partial charge on any atom is -0.464 e. The zero-order valence-corrected chi connectivity index (χ0v) is 10.6. The standard InChI is InChI=1S/C14H17FO3/c1-3-18-13(16)14(2,17)11-8-7-10-9(11)5-4-6-12(10)15/h4-6,11,17H,3,7-8H2,1-2H3. The van der Waals surface area contributed by atoms with Crippen molar-refractivity contribution in [3.05, 3.63) is 35.1 Å². The molecule has 1 aliphatic carbocycles. The van der Waals surface area contributed by atoms with E-state index in [1.54, 1.807) is 19.1 Å². The number of carbonyl (C=O) groups is 1. The number of esters is 1. The van der Waals surface area contributed by atoms with E-state index in [0.717, 1.165) is 0 Å². The summed E-state index contributed by atoms with van der Waals surface area (Å²) in [5.74, 6) is -1.32. The molecule has 1 aliphatic rings. The van der Waals surface area contributed by atoms with Crippen molar-refractivity contribution in [3.8, 4) is 0 Å². The molecule has 2 unspecified atom stereocenters. The van der Waals surface area contributed by atoms with Crippen LogP contribution >= 0.6 is 0 Å². The van der Waals surface area contributed by atoms with Crippen LogP contribution < -0.4 is 0 Å². The summed E-state index contributed by atoms with van der Waals surface area (Å²) in [4.78, 5) is 11.8. The van der Waals surface area contributed by atoms with Crippen LogP contribution in [-0.2, 0) is 16.0 Å². The Morgan fingerprint density at radius 3 is 3.00 bits per heavy atom.